The van der Waals surface area contributed by atoms with Gasteiger partial charge in [-0.3, -0.25) is 0 Å². The van der Waals surface area contributed by atoms with Gasteiger partial charge in [-0.05, 0) is 108 Å². The van der Waals surface area contributed by atoms with Gasteiger partial charge in [0.05, 0.1) is 14.2 Å². The Balaban J connectivity index is 1.55. The minimum Gasteiger partial charge on any atom is -0.507 e. The average Bonchev–Trinajstić information content (AvgIpc) is 3.49. The molecule has 0 bridgehead atoms. The smallest absolute Gasteiger partial charge is 0.130 e. The molecule has 4 nitrogen and oxygen atoms in total. The van der Waals surface area contributed by atoms with Crippen molar-refractivity contribution in [2.75, 3.05) is 25.7 Å². The lowest BCUT2D eigenvalue weighted by Gasteiger charge is -2.51. The molecule has 7 rings (SSSR count). The van der Waals surface area contributed by atoms with Gasteiger partial charge in [-0.2, -0.15) is 0 Å². The van der Waals surface area contributed by atoms with Gasteiger partial charge in [0.15, 0.2) is 0 Å². The quantitative estimate of drug-likeness (QED) is 0.263. The summed E-state index contributed by atoms with van der Waals surface area (Å²) in [4.78, 5) is 2.55. The van der Waals surface area contributed by atoms with Gasteiger partial charge in [0.1, 0.15) is 17.2 Å². The fourth-order valence-corrected chi connectivity index (χ4v) is 9.63. The van der Waals surface area contributed by atoms with Crippen LogP contribution in [-0.4, -0.2) is 31.9 Å². The van der Waals surface area contributed by atoms with Crippen molar-refractivity contribution in [3.05, 3.63) is 71.8 Å². The first-order valence-corrected chi connectivity index (χ1v) is 15.9. The van der Waals surface area contributed by atoms with E-state index >= 15 is 0 Å². The summed E-state index contributed by atoms with van der Waals surface area (Å²) < 4.78 is 11.4. The van der Waals surface area contributed by atoms with Gasteiger partial charge < -0.3 is 19.5 Å². The second kappa shape index (κ2) is 9.67. The van der Waals surface area contributed by atoms with E-state index in [0.29, 0.717) is 11.8 Å². The van der Waals surface area contributed by atoms with Crippen LogP contribution in [0, 0.1) is 10.8 Å². The van der Waals surface area contributed by atoms with Crippen LogP contribution in [0.15, 0.2) is 60.7 Å². The zero-order chi connectivity index (χ0) is 30.3. The Labute approximate surface area is 256 Å². The van der Waals surface area contributed by atoms with Gasteiger partial charge in [-0.1, -0.05) is 52.0 Å². The highest BCUT2D eigenvalue weighted by molar-refractivity contribution is 6.09. The predicted octanol–water partition coefficient (Wildman–Crippen LogP) is 9.72. The van der Waals surface area contributed by atoms with E-state index in [2.05, 4.69) is 88.0 Å². The van der Waals surface area contributed by atoms with Gasteiger partial charge in [0, 0.05) is 46.3 Å². The summed E-state index contributed by atoms with van der Waals surface area (Å²) in [7, 11) is 3.39. The molecule has 1 N–H and O–H groups in total. The highest BCUT2D eigenvalue weighted by Crippen LogP contribution is 2.65. The zero-order valence-corrected chi connectivity index (χ0v) is 26.8. The van der Waals surface area contributed by atoms with Crippen molar-refractivity contribution in [1.82, 2.24) is 0 Å². The number of nitrogens with zero attached hydrogens (tertiary/aromatic N) is 1. The third kappa shape index (κ3) is 4.31. The monoisotopic (exact) mass is 575 g/mol. The van der Waals surface area contributed by atoms with Gasteiger partial charge in [-0.25, -0.2) is 0 Å². The van der Waals surface area contributed by atoms with Crippen LogP contribution in [0.5, 0.6) is 17.2 Å². The number of fused-ring (bicyclic) bond motifs is 7. The Morgan fingerprint density at radius 1 is 0.767 bits per heavy atom. The fraction of sp³-hybridized carbons (Fsp3) is 0.436. The van der Waals surface area contributed by atoms with Crippen molar-refractivity contribution in [2.24, 2.45) is 10.8 Å². The molecule has 1 saturated heterocycles. The Morgan fingerprint density at radius 3 is 2.19 bits per heavy atom. The molecule has 4 aromatic rings. The Hall–Kier alpha value is -3.66. The van der Waals surface area contributed by atoms with Crippen LogP contribution in [0.25, 0.3) is 33.0 Å². The van der Waals surface area contributed by atoms with Crippen LogP contribution in [-0.2, 0) is 5.41 Å². The van der Waals surface area contributed by atoms with Crippen molar-refractivity contribution >= 4 is 16.5 Å². The van der Waals surface area contributed by atoms with Crippen molar-refractivity contribution < 1.29 is 14.6 Å². The number of benzene rings is 4. The van der Waals surface area contributed by atoms with Crippen LogP contribution >= 0.6 is 0 Å². The number of aromatic hydroxyl groups is 1. The predicted molar refractivity (Wildman–Crippen MR) is 178 cm³/mol. The zero-order valence-electron chi connectivity index (χ0n) is 26.8. The summed E-state index contributed by atoms with van der Waals surface area (Å²) in [5.74, 6) is 1.89. The van der Waals surface area contributed by atoms with Crippen LogP contribution in [0.3, 0.4) is 0 Å². The van der Waals surface area contributed by atoms with E-state index in [1.807, 2.05) is 12.1 Å². The molecule has 224 valence electrons. The molecule has 2 fully saturated rings. The van der Waals surface area contributed by atoms with Crippen molar-refractivity contribution in [1.29, 1.82) is 0 Å². The second-order valence-corrected chi connectivity index (χ2v) is 15.0. The molecule has 4 aromatic carbocycles. The maximum Gasteiger partial charge on any atom is 0.130 e. The Morgan fingerprint density at radius 2 is 1.51 bits per heavy atom. The van der Waals surface area contributed by atoms with Gasteiger partial charge in [0.2, 0.25) is 0 Å². The summed E-state index contributed by atoms with van der Waals surface area (Å²) in [5, 5.41) is 13.9. The number of hydrogen-bond donors (Lipinski definition) is 1. The van der Waals surface area contributed by atoms with Gasteiger partial charge in [0.25, 0.3) is 0 Å². The minimum atomic E-state index is -0.123. The molecule has 43 heavy (non-hydrogen) atoms. The molecule has 1 unspecified atom stereocenters. The number of phenols is 1. The van der Waals surface area contributed by atoms with Crippen molar-refractivity contribution in [3.63, 3.8) is 0 Å². The van der Waals surface area contributed by atoms with E-state index in [9.17, 15) is 5.11 Å². The number of phenolic OH excluding ortho intramolecular Hbond substituents is 1. The highest BCUT2D eigenvalue weighted by atomic mass is 16.5. The maximum absolute atomic E-state index is 11.9. The number of methoxy groups -OCH3 is 2. The van der Waals surface area contributed by atoms with Crippen molar-refractivity contribution in [3.8, 4) is 39.5 Å². The van der Waals surface area contributed by atoms with Crippen LogP contribution in [0.1, 0.15) is 77.8 Å². The summed E-state index contributed by atoms with van der Waals surface area (Å²) >= 11 is 0. The molecule has 1 saturated carbocycles. The molecular weight excluding hydrogens is 530 g/mol. The first-order valence-electron chi connectivity index (χ1n) is 15.9. The number of ether oxygens (including phenoxy) is 2. The average molecular weight is 576 g/mol. The Kier molecular flexibility index (Phi) is 6.33. The lowest BCUT2D eigenvalue weighted by Crippen LogP contribution is -2.43. The SMILES string of the molecule is COc1ccc(-c2cc3c(O)cc4c(c3cc2N2CCCC2C)-c2ccccc2C42CC(C)(C)CC(C)(C)C2)c(OC)c1. The number of hydrogen-bond acceptors (Lipinski definition) is 4. The van der Waals surface area contributed by atoms with Gasteiger partial charge in [-0.15, -0.1) is 0 Å². The molecule has 1 heterocycles. The summed E-state index contributed by atoms with van der Waals surface area (Å²) in [5.41, 5.74) is 8.90. The van der Waals surface area contributed by atoms with Crippen molar-refractivity contribution in [2.45, 2.75) is 78.2 Å². The highest BCUT2D eigenvalue weighted by Gasteiger charge is 2.53. The van der Waals surface area contributed by atoms with E-state index in [4.69, 9.17) is 9.47 Å². The summed E-state index contributed by atoms with van der Waals surface area (Å²) in [6, 6.07) is 22.2. The lowest BCUT2D eigenvalue weighted by molar-refractivity contribution is 0.0645. The molecule has 1 atom stereocenters. The maximum atomic E-state index is 11.9. The molecule has 0 amide bonds. The molecule has 3 aliphatic rings. The van der Waals surface area contributed by atoms with E-state index in [0.717, 1.165) is 52.8 Å². The standard InChI is InChI=1S/C39H45NO3/c1-24-11-10-16-40(24)33-19-30-29(18-28(33)26-15-14-25(42-6)17-35(26)43-7)34(41)20-32-36(30)27-12-8-9-13-31(27)39(32)22-37(2,3)21-38(4,5)23-39/h8-9,12-15,17-20,24,41H,10-11,16,21-23H2,1-7H3. The molecular formula is C39H45NO3. The van der Waals surface area contributed by atoms with E-state index < -0.39 is 0 Å². The molecule has 0 radical (unpaired) electrons. The van der Waals surface area contributed by atoms with E-state index in [-0.39, 0.29) is 16.2 Å². The molecule has 2 aliphatic carbocycles. The molecule has 4 heteroatoms. The van der Waals surface area contributed by atoms with Crippen LogP contribution < -0.4 is 14.4 Å². The number of rotatable bonds is 4. The van der Waals surface area contributed by atoms with Crippen LogP contribution in [0.2, 0.25) is 0 Å². The second-order valence-electron chi connectivity index (χ2n) is 15.0. The third-order valence-electron chi connectivity index (χ3n) is 10.5. The fourth-order valence-electron chi connectivity index (χ4n) is 9.63. The third-order valence-corrected chi connectivity index (χ3v) is 10.5. The van der Waals surface area contributed by atoms with E-state index in [1.165, 1.54) is 47.2 Å². The molecule has 1 aliphatic heterocycles. The van der Waals surface area contributed by atoms with Gasteiger partial charge >= 0.3 is 0 Å². The number of anilines is 1. The summed E-state index contributed by atoms with van der Waals surface area (Å²) in [6.07, 6.45) is 5.70. The molecule has 1 spiro atoms. The Bertz CT molecular complexity index is 1730. The van der Waals surface area contributed by atoms with Crippen LogP contribution in [0.4, 0.5) is 5.69 Å². The normalized spacial score (nSPS) is 21.2. The molecule has 0 aromatic heterocycles. The summed E-state index contributed by atoms with van der Waals surface area (Å²) in [6.45, 7) is 13.1. The minimum absolute atomic E-state index is 0.123. The first kappa shape index (κ1) is 28.1. The first-order chi connectivity index (χ1) is 20.5. The topological polar surface area (TPSA) is 41.9 Å². The largest absolute Gasteiger partial charge is 0.507 e. The lowest BCUT2D eigenvalue weighted by atomic mass is 9.52. The van der Waals surface area contributed by atoms with E-state index in [1.54, 1.807) is 14.2 Å².